The molecule has 1 aliphatic heterocycles. The number of nitrogens with one attached hydrogen (secondary N) is 1. The van der Waals surface area contributed by atoms with Crippen molar-refractivity contribution in [2.24, 2.45) is 5.73 Å². The molecule has 1 fully saturated rings. The number of amides is 3. The average Bonchev–Trinajstić information content (AvgIpc) is 3.55. The van der Waals surface area contributed by atoms with Gasteiger partial charge in [0, 0.05) is 23.9 Å². The molecule has 1 aliphatic rings. The first-order valence-electron chi connectivity index (χ1n) is 11.7. The van der Waals surface area contributed by atoms with E-state index in [0.717, 1.165) is 35.9 Å². The minimum atomic E-state index is -4.73. The molecule has 206 valence electrons. The van der Waals surface area contributed by atoms with E-state index in [1.54, 1.807) is 0 Å². The van der Waals surface area contributed by atoms with Crippen molar-refractivity contribution in [1.82, 2.24) is 9.69 Å². The van der Waals surface area contributed by atoms with Crippen LogP contribution in [0.25, 0.3) is 0 Å². The monoisotopic (exact) mass is 581 g/mol. The van der Waals surface area contributed by atoms with Gasteiger partial charge in [0.25, 0.3) is 11.8 Å². The second-order valence-corrected chi connectivity index (χ2v) is 9.91. The van der Waals surface area contributed by atoms with Gasteiger partial charge in [0.1, 0.15) is 10.9 Å². The van der Waals surface area contributed by atoms with Gasteiger partial charge in [-0.05, 0) is 60.3 Å². The zero-order chi connectivity index (χ0) is 28.3. The average molecular weight is 582 g/mol. The van der Waals surface area contributed by atoms with Crippen LogP contribution < -0.4 is 21.7 Å². The van der Waals surface area contributed by atoms with Crippen LogP contribution in [0.1, 0.15) is 50.2 Å². The zero-order valence-corrected chi connectivity index (χ0v) is 21.8. The molecule has 39 heavy (non-hydrogen) atoms. The summed E-state index contributed by atoms with van der Waals surface area (Å²) in [4.78, 5) is 40.0. The molecule has 3 aromatic rings. The molecule has 14 heteroatoms. The number of carbonyl (C=O) groups is 3. The molecular weight excluding hydrogens is 559 g/mol. The molecule has 2 atom stereocenters. The van der Waals surface area contributed by atoms with Crippen molar-refractivity contribution in [3.05, 3.63) is 75.3 Å². The number of anilines is 2. The first kappa shape index (κ1) is 28.3. The third kappa shape index (κ3) is 6.32. The standard InChI is InChI=1S/C25H23ClF3N5O4S/c26-15-8-6-13(7-9-15)20(23(36)32-12-17-5-2-10-38-17)34(16-4-1-3-14(11-16)25(27,28)29)24(37)21-18(30)19(22(31)35)33-39-21/h1,3-4,6-9,11,17,20H,2,5,10,12,30H2,(H2,31,35)(H,32,36)/t17-,20+/m1/s1. The van der Waals surface area contributed by atoms with Crippen molar-refractivity contribution >= 4 is 52.2 Å². The lowest BCUT2D eigenvalue weighted by atomic mass is 10.0. The lowest BCUT2D eigenvalue weighted by molar-refractivity contribution is -0.137. The molecule has 0 spiro atoms. The molecule has 4 rings (SSSR count). The van der Waals surface area contributed by atoms with Gasteiger partial charge >= 0.3 is 6.18 Å². The van der Waals surface area contributed by atoms with E-state index in [4.69, 9.17) is 27.8 Å². The van der Waals surface area contributed by atoms with Gasteiger partial charge in [0.2, 0.25) is 5.91 Å². The third-order valence-corrected chi connectivity index (χ3v) is 7.15. The highest BCUT2D eigenvalue weighted by molar-refractivity contribution is 7.09. The van der Waals surface area contributed by atoms with Crippen LogP contribution in [0.15, 0.2) is 48.5 Å². The van der Waals surface area contributed by atoms with E-state index in [-0.39, 0.29) is 40.2 Å². The predicted octanol–water partition coefficient (Wildman–Crippen LogP) is 4.18. The molecule has 0 unspecified atom stereocenters. The van der Waals surface area contributed by atoms with Crippen LogP contribution in [0.2, 0.25) is 5.02 Å². The van der Waals surface area contributed by atoms with Crippen LogP contribution in [0.5, 0.6) is 0 Å². The molecule has 5 N–H and O–H groups in total. The van der Waals surface area contributed by atoms with Crippen molar-refractivity contribution in [2.45, 2.75) is 31.2 Å². The number of nitrogens with zero attached hydrogens (tertiary/aromatic N) is 2. The summed E-state index contributed by atoms with van der Waals surface area (Å²) in [5, 5.41) is 3.09. The molecule has 1 saturated heterocycles. The maximum absolute atomic E-state index is 14.0. The number of hydrogen-bond donors (Lipinski definition) is 3. The fraction of sp³-hybridized carbons (Fsp3) is 0.280. The van der Waals surface area contributed by atoms with Crippen molar-refractivity contribution in [3.63, 3.8) is 0 Å². The molecule has 2 aromatic carbocycles. The Morgan fingerprint density at radius 3 is 2.51 bits per heavy atom. The molecule has 0 radical (unpaired) electrons. The highest BCUT2D eigenvalue weighted by Crippen LogP contribution is 2.37. The number of benzene rings is 2. The largest absolute Gasteiger partial charge is 0.416 e. The summed E-state index contributed by atoms with van der Waals surface area (Å²) in [7, 11) is 0. The number of nitrogens with two attached hydrogens (primary N) is 2. The minimum absolute atomic E-state index is 0.127. The van der Waals surface area contributed by atoms with Gasteiger partial charge < -0.3 is 21.5 Å². The fourth-order valence-corrected chi connectivity index (χ4v) is 5.00. The highest BCUT2D eigenvalue weighted by Gasteiger charge is 2.38. The van der Waals surface area contributed by atoms with E-state index in [1.165, 1.54) is 30.3 Å². The van der Waals surface area contributed by atoms with E-state index in [9.17, 15) is 27.6 Å². The van der Waals surface area contributed by atoms with E-state index in [1.807, 2.05) is 0 Å². The van der Waals surface area contributed by atoms with Crippen LogP contribution in [0, 0.1) is 0 Å². The normalized spacial score (nSPS) is 16.1. The lowest BCUT2D eigenvalue weighted by Gasteiger charge is -2.32. The summed E-state index contributed by atoms with van der Waals surface area (Å²) in [6.45, 7) is 0.672. The molecule has 0 bridgehead atoms. The van der Waals surface area contributed by atoms with Gasteiger partial charge in [-0.2, -0.15) is 17.5 Å². The first-order chi connectivity index (χ1) is 18.5. The van der Waals surface area contributed by atoms with Gasteiger partial charge in [0.15, 0.2) is 5.69 Å². The fourth-order valence-electron chi connectivity index (χ4n) is 4.13. The topological polar surface area (TPSA) is 141 Å². The number of ether oxygens (including phenoxy) is 1. The van der Waals surface area contributed by atoms with Gasteiger partial charge in [-0.1, -0.05) is 29.8 Å². The number of aromatic nitrogens is 1. The summed E-state index contributed by atoms with van der Waals surface area (Å²) in [6.07, 6.45) is -3.43. The zero-order valence-electron chi connectivity index (χ0n) is 20.2. The molecule has 0 aliphatic carbocycles. The maximum Gasteiger partial charge on any atom is 0.416 e. The minimum Gasteiger partial charge on any atom is -0.395 e. The van der Waals surface area contributed by atoms with Crippen molar-refractivity contribution in [2.75, 3.05) is 23.8 Å². The van der Waals surface area contributed by atoms with Crippen molar-refractivity contribution < 1.29 is 32.3 Å². The Morgan fingerprint density at radius 1 is 1.21 bits per heavy atom. The number of rotatable bonds is 8. The van der Waals surface area contributed by atoms with Crippen molar-refractivity contribution in [3.8, 4) is 0 Å². The van der Waals surface area contributed by atoms with Crippen LogP contribution in [-0.4, -0.2) is 41.4 Å². The SMILES string of the molecule is NC(=O)c1nsc(C(=O)N(c2cccc(C(F)(F)F)c2)[C@H](C(=O)NC[C@H]2CCCO2)c2ccc(Cl)cc2)c1N. The number of alkyl halides is 3. The number of hydrogen-bond acceptors (Lipinski definition) is 7. The van der Waals surface area contributed by atoms with E-state index < -0.39 is 35.5 Å². The molecule has 9 nitrogen and oxygen atoms in total. The summed E-state index contributed by atoms with van der Waals surface area (Å²) in [6, 6.07) is 8.44. The predicted molar refractivity (Wildman–Crippen MR) is 139 cm³/mol. The Hall–Kier alpha value is -3.68. The summed E-state index contributed by atoms with van der Waals surface area (Å²) >= 11 is 6.58. The van der Waals surface area contributed by atoms with E-state index >= 15 is 0 Å². The quantitative estimate of drug-likeness (QED) is 0.364. The third-order valence-electron chi connectivity index (χ3n) is 6.05. The van der Waals surface area contributed by atoms with Gasteiger partial charge in [0.05, 0.1) is 17.4 Å². The Morgan fingerprint density at radius 2 is 1.92 bits per heavy atom. The summed E-state index contributed by atoms with van der Waals surface area (Å²) in [5.41, 5.74) is 9.54. The maximum atomic E-state index is 14.0. The number of halogens is 4. The van der Waals surface area contributed by atoms with Crippen LogP contribution in [0.4, 0.5) is 24.5 Å². The van der Waals surface area contributed by atoms with Crippen LogP contribution in [0.3, 0.4) is 0 Å². The highest BCUT2D eigenvalue weighted by atomic mass is 35.5. The van der Waals surface area contributed by atoms with Crippen LogP contribution >= 0.6 is 23.1 Å². The molecule has 2 heterocycles. The Balaban J connectivity index is 1.86. The van der Waals surface area contributed by atoms with Gasteiger partial charge in [-0.25, -0.2) is 0 Å². The number of primary amides is 1. The number of nitrogen functional groups attached to an aromatic ring is 1. The molecule has 3 amide bonds. The summed E-state index contributed by atoms with van der Waals surface area (Å²) in [5.74, 6) is -2.63. The van der Waals surface area contributed by atoms with E-state index in [0.29, 0.717) is 23.2 Å². The Labute approximate surface area is 230 Å². The van der Waals surface area contributed by atoms with Crippen LogP contribution in [-0.2, 0) is 15.7 Å². The molecule has 1 aromatic heterocycles. The summed E-state index contributed by atoms with van der Waals surface area (Å²) < 4.78 is 50.3. The van der Waals surface area contributed by atoms with Gasteiger partial charge in [-0.15, -0.1) is 0 Å². The molecular formula is C25H23ClF3N5O4S. The second-order valence-electron chi connectivity index (χ2n) is 8.70. The van der Waals surface area contributed by atoms with Gasteiger partial charge in [-0.3, -0.25) is 19.3 Å². The first-order valence-corrected chi connectivity index (χ1v) is 12.8. The van der Waals surface area contributed by atoms with E-state index in [2.05, 4.69) is 9.69 Å². The smallest absolute Gasteiger partial charge is 0.395 e. The molecule has 0 saturated carbocycles. The Bertz CT molecular complexity index is 1380. The van der Waals surface area contributed by atoms with Crippen molar-refractivity contribution in [1.29, 1.82) is 0 Å². The Kier molecular flexibility index (Phi) is 8.42. The lowest BCUT2D eigenvalue weighted by Crippen LogP contribution is -2.45. The second kappa shape index (κ2) is 11.6. The number of carbonyl (C=O) groups excluding carboxylic acids is 3.